The molecular formula is C28H23Br3O9. The molecule has 0 saturated carbocycles. The first-order valence-corrected chi connectivity index (χ1v) is 14.3. The Hall–Kier alpha value is -2.61. The number of rotatable bonds is 8. The van der Waals surface area contributed by atoms with E-state index in [0.29, 0.717) is 0 Å². The van der Waals surface area contributed by atoms with E-state index in [1.54, 1.807) is 48.5 Å². The van der Waals surface area contributed by atoms with Gasteiger partial charge in [-0.2, -0.15) is 0 Å². The van der Waals surface area contributed by atoms with E-state index in [0.717, 1.165) is 13.4 Å². The SMILES string of the molecule is CO[C@@H]1O[C@H](CO)[C@@H](OC(=O)c2ccc(Br)cc2)[C@H](OC(=O)c2ccc(Br)cc2)[C@H]1OC(=O)c1ccc(Br)cc1. The minimum Gasteiger partial charge on any atom is -0.452 e. The average molecular weight is 743 g/mol. The van der Waals surface area contributed by atoms with Crippen LogP contribution in [0.25, 0.3) is 0 Å². The molecule has 0 aliphatic carbocycles. The molecule has 0 amide bonds. The second-order valence-electron chi connectivity index (χ2n) is 8.59. The van der Waals surface area contributed by atoms with Crippen LogP contribution in [0.15, 0.2) is 86.2 Å². The fourth-order valence-electron chi connectivity index (χ4n) is 3.95. The molecular weight excluding hydrogens is 720 g/mol. The quantitative estimate of drug-likeness (QED) is 0.242. The summed E-state index contributed by atoms with van der Waals surface area (Å²) in [5, 5.41) is 10.1. The summed E-state index contributed by atoms with van der Waals surface area (Å²) in [4.78, 5) is 39.4. The molecule has 1 aliphatic heterocycles. The largest absolute Gasteiger partial charge is 0.452 e. The number of hydrogen-bond acceptors (Lipinski definition) is 9. The van der Waals surface area contributed by atoms with Gasteiger partial charge in [-0.05, 0) is 72.8 Å². The molecule has 1 fully saturated rings. The van der Waals surface area contributed by atoms with Crippen molar-refractivity contribution in [3.63, 3.8) is 0 Å². The lowest BCUT2D eigenvalue weighted by molar-refractivity contribution is -0.292. The maximum absolute atomic E-state index is 13.2. The van der Waals surface area contributed by atoms with Gasteiger partial charge in [-0.25, -0.2) is 14.4 Å². The number of ether oxygens (including phenoxy) is 5. The van der Waals surface area contributed by atoms with Crippen LogP contribution in [0.1, 0.15) is 31.1 Å². The zero-order chi connectivity index (χ0) is 28.8. The number of aliphatic hydroxyl groups is 1. The van der Waals surface area contributed by atoms with Gasteiger partial charge in [0.15, 0.2) is 24.6 Å². The number of esters is 3. The summed E-state index contributed by atoms with van der Waals surface area (Å²) in [6, 6.07) is 19.2. The van der Waals surface area contributed by atoms with Crippen LogP contribution in [0.4, 0.5) is 0 Å². The van der Waals surface area contributed by atoms with Crippen molar-refractivity contribution < 1.29 is 43.2 Å². The summed E-state index contributed by atoms with van der Waals surface area (Å²) in [5.41, 5.74) is 0.610. The predicted octanol–water partition coefficient (Wildman–Crippen LogP) is 5.31. The second kappa shape index (κ2) is 13.8. The average Bonchev–Trinajstić information content (AvgIpc) is 2.95. The summed E-state index contributed by atoms with van der Waals surface area (Å²) < 4.78 is 30.8. The second-order valence-corrected chi connectivity index (χ2v) is 11.3. The molecule has 210 valence electrons. The van der Waals surface area contributed by atoms with Gasteiger partial charge in [0.2, 0.25) is 0 Å². The minimum atomic E-state index is -1.41. The zero-order valence-electron chi connectivity index (χ0n) is 20.9. The van der Waals surface area contributed by atoms with E-state index in [9.17, 15) is 19.5 Å². The number of halogens is 3. The summed E-state index contributed by atoms with van der Waals surface area (Å²) in [6.07, 6.45) is -6.58. The molecule has 0 unspecified atom stereocenters. The molecule has 4 rings (SSSR count). The first-order chi connectivity index (χ1) is 19.2. The highest BCUT2D eigenvalue weighted by Crippen LogP contribution is 2.31. The van der Waals surface area contributed by atoms with Crippen molar-refractivity contribution >= 4 is 65.7 Å². The van der Waals surface area contributed by atoms with Crippen molar-refractivity contribution in [2.75, 3.05) is 13.7 Å². The van der Waals surface area contributed by atoms with Crippen molar-refractivity contribution in [2.45, 2.75) is 30.7 Å². The Balaban J connectivity index is 1.69. The molecule has 0 spiro atoms. The molecule has 0 radical (unpaired) electrons. The van der Waals surface area contributed by atoms with E-state index in [2.05, 4.69) is 47.8 Å². The Bertz CT molecular complexity index is 1260. The third-order valence-corrected chi connectivity index (χ3v) is 7.56. The van der Waals surface area contributed by atoms with Crippen molar-refractivity contribution in [3.05, 3.63) is 103 Å². The van der Waals surface area contributed by atoms with Gasteiger partial charge in [0, 0.05) is 20.5 Å². The highest BCUT2D eigenvalue weighted by Gasteiger charge is 2.52. The first-order valence-electron chi connectivity index (χ1n) is 11.9. The summed E-state index contributed by atoms with van der Waals surface area (Å²) in [7, 11) is 1.31. The van der Waals surface area contributed by atoms with Crippen LogP contribution < -0.4 is 0 Å². The molecule has 1 N–H and O–H groups in total. The van der Waals surface area contributed by atoms with Gasteiger partial charge >= 0.3 is 17.9 Å². The van der Waals surface area contributed by atoms with Gasteiger partial charge in [0.05, 0.1) is 23.3 Å². The number of carbonyl (C=O) groups is 3. The highest BCUT2D eigenvalue weighted by molar-refractivity contribution is 9.11. The van der Waals surface area contributed by atoms with E-state index in [-0.39, 0.29) is 16.7 Å². The Labute approximate surface area is 255 Å². The molecule has 0 bridgehead atoms. The number of methoxy groups -OCH3 is 1. The van der Waals surface area contributed by atoms with Crippen LogP contribution in [-0.2, 0) is 23.7 Å². The van der Waals surface area contributed by atoms with Crippen LogP contribution in [0.5, 0.6) is 0 Å². The number of aliphatic hydroxyl groups excluding tert-OH is 1. The summed E-state index contributed by atoms with van der Waals surface area (Å²) in [5.74, 6) is -2.30. The molecule has 40 heavy (non-hydrogen) atoms. The van der Waals surface area contributed by atoms with Gasteiger partial charge in [-0.1, -0.05) is 47.8 Å². The van der Waals surface area contributed by atoms with Crippen molar-refractivity contribution in [3.8, 4) is 0 Å². The molecule has 12 heteroatoms. The maximum atomic E-state index is 13.2. The van der Waals surface area contributed by atoms with Crippen molar-refractivity contribution in [2.24, 2.45) is 0 Å². The van der Waals surface area contributed by atoms with Crippen LogP contribution in [0, 0.1) is 0 Å². The van der Waals surface area contributed by atoms with Crippen LogP contribution in [-0.4, -0.2) is 67.4 Å². The van der Waals surface area contributed by atoms with Gasteiger partial charge < -0.3 is 28.8 Å². The molecule has 3 aromatic rings. The summed E-state index contributed by atoms with van der Waals surface area (Å²) >= 11 is 9.95. The standard InChI is InChI=1S/C28H23Br3O9/c1-36-28-24(40-27(35)17-6-12-20(31)13-7-17)23(39-26(34)16-4-10-19(30)11-5-16)22(21(14-32)37-28)38-25(33)15-2-8-18(29)9-3-15/h2-13,21-24,28,32H,14H2,1H3/t21-,22-,23+,24-,28-/m1/s1. The molecule has 5 atom stereocenters. The van der Waals surface area contributed by atoms with E-state index < -0.39 is 55.2 Å². The number of benzene rings is 3. The highest BCUT2D eigenvalue weighted by atomic mass is 79.9. The first kappa shape index (κ1) is 30.4. The normalized spacial score (nSPS) is 22.3. The Morgan fingerprint density at radius 3 is 1.35 bits per heavy atom. The van der Waals surface area contributed by atoms with E-state index >= 15 is 0 Å². The number of carbonyl (C=O) groups excluding carboxylic acids is 3. The molecule has 0 aromatic heterocycles. The van der Waals surface area contributed by atoms with Crippen molar-refractivity contribution in [1.29, 1.82) is 0 Å². The number of hydrogen-bond donors (Lipinski definition) is 1. The van der Waals surface area contributed by atoms with Crippen LogP contribution >= 0.6 is 47.8 Å². The van der Waals surface area contributed by atoms with Gasteiger partial charge in [0.1, 0.15) is 6.10 Å². The van der Waals surface area contributed by atoms with Crippen molar-refractivity contribution in [1.82, 2.24) is 0 Å². The third-order valence-electron chi connectivity index (χ3n) is 5.97. The Morgan fingerprint density at radius 1 is 0.650 bits per heavy atom. The van der Waals surface area contributed by atoms with E-state index in [1.807, 2.05) is 0 Å². The van der Waals surface area contributed by atoms with Crippen LogP contribution in [0.2, 0.25) is 0 Å². The third kappa shape index (κ3) is 7.36. The fraction of sp³-hybridized carbons (Fsp3) is 0.250. The smallest absolute Gasteiger partial charge is 0.338 e. The molecule has 1 saturated heterocycles. The van der Waals surface area contributed by atoms with E-state index in [1.165, 1.54) is 31.4 Å². The van der Waals surface area contributed by atoms with E-state index in [4.69, 9.17) is 23.7 Å². The van der Waals surface area contributed by atoms with Gasteiger partial charge in [-0.15, -0.1) is 0 Å². The topological polar surface area (TPSA) is 118 Å². The van der Waals surface area contributed by atoms with Gasteiger partial charge in [-0.3, -0.25) is 0 Å². The fourth-order valence-corrected chi connectivity index (χ4v) is 4.74. The molecule has 1 heterocycles. The Morgan fingerprint density at radius 2 is 1.00 bits per heavy atom. The lowest BCUT2D eigenvalue weighted by Crippen LogP contribution is -2.62. The molecule has 3 aromatic carbocycles. The molecule has 1 aliphatic rings. The lowest BCUT2D eigenvalue weighted by atomic mass is 9.97. The monoisotopic (exact) mass is 740 g/mol. The van der Waals surface area contributed by atoms with Gasteiger partial charge in [0.25, 0.3) is 0 Å². The minimum absolute atomic E-state index is 0.195. The molecule has 9 nitrogen and oxygen atoms in total. The van der Waals surface area contributed by atoms with Crippen LogP contribution in [0.3, 0.4) is 0 Å². The Kier molecular flexibility index (Phi) is 10.5. The lowest BCUT2D eigenvalue weighted by Gasteiger charge is -2.43. The maximum Gasteiger partial charge on any atom is 0.338 e. The summed E-state index contributed by atoms with van der Waals surface area (Å²) in [6.45, 7) is -0.613. The zero-order valence-corrected chi connectivity index (χ0v) is 25.6. The predicted molar refractivity (Wildman–Crippen MR) is 153 cm³/mol.